The van der Waals surface area contributed by atoms with Crippen molar-refractivity contribution in [2.45, 2.75) is 13.0 Å². The zero-order valence-electron chi connectivity index (χ0n) is 15.1. The summed E-state index contributed by atoms with van der Waals surface area (Å²) < 4.78 is 25.4. The van der Waals surface area contributed by atoms with Gasteiger partial charge in [0, 0.05) is 29.2 Å². The molecule has 0 saturated heterocycles. The highest BCUT2D eigenvalue weighted by Crippen LogP contribution is 2.23. The molecule has 2 aromatic carbocycles. The molecule has 0 bridgehead atoms. The van der Waals surface area contributed by atoms with Crippen molar-refractivity contribution in [3.8, 4) is 11.8 Å². The summed E-state index contributed by atoms with van der Waals surface area (Å²) in [4.78, 5) is 24.7. The van der Waals surface area contributed by atoms with Crippen LogP contribution in [0.4, 0.5) is 4.39 Å². The topological polar surface area (TPSA) is 81.3 Å². The molecule has 0 atom stereocenters. The normalized spacial score (nSPS) is 10.5. The van der Waals surface area contributed by atoms with E-state index in [1.54, 1.807) is 18.3 Å². The molecule has 0 N–H and O–H groups in total. The monoisotopic (exact) mass is 380 g/mol. The number of fused-ring (bicyclic) bond motifs is 1. The van der Waals surface area contributed by atoms with Crippen LogP contribution in [0, 0.1) is 17.1 Å². The van der Waals surface area contributed by atoms with E-state index in [1.165, 1.54) is 19.2 Å². The lowest BCUT2D eigenvalue weighted by atomic mass is 10.1. The fourth-order valence-electron chi connectivity index (χ4n) is 2.91. The summed E-state index contributed by atoms with van der Waals surface area (Å²) in [6, 6.07) is 13.1. The number of carbonyl (C=O) groups excluding carboxylic acids is 2. The van der Waals surface area contributed by atoms with Crippen molar-refractivity contribution in [2.24, 2.45) is 0 Å². The van der Waals surface area contributed by atoms with Gasteiger partial charge in [-0.2, -0.15) is 5.26 Å². The quantitative estimate of drug-likeness (QED) is 0.461. The van der Waals surface area contributed by atoms with Crippen molar-refractivity contribution < 1.29 is 23.5 Å². The van der Waals surface area contributed by atoms with Crippen LogP contribution in [0.3, 0.4) is 0 Å². The second-order valence-corrected chi connectivity index (χ2v) is 6.01. The first-order chi connectivity index (χ1) is 13.5. The minimum atomic E-state index is -0.803. The summed E-state index contributed by atoms with van der Waals surface area (Å²) in [7, 11) is 1.32. The predicted molar refractivity (Wildman–Crippen MR) is 99.7 cm³/mol. The summed E-state index contributed by atoms with van der Waals surface area (Å²) >= 11 is 0. The van der Waals surface area contributed by atoms with Gasteiger partial charge < -0.3 is 14.0 Å². The van der Waals surface area contributed by atoms with Gasteiger partial charge in [0.2, 0.25) is 5.78 Å². The molecule has 0 fully saturated rings. The number of aryl methyl sites for hydroxylation is 1. The fraction of sp³-hybridized carbons (Fsp3) is 0.190. The Labute approximate surface area is 160 Å². The van der Waals surface area contributed by atoms with Crippen molar-refractivity contribution in [1.29, 1.82) is 5.26 Å². The average molecular weight is 380 g/mol. The summed E-state index contributed by atoms with van der Waals surface area (Å²) in [6.07, 6.45) is 1.97. The van der Waals surface area contributed by atoms with E-state index in [0.717, 1.165) is 17.0 Å². The van der Waals surface area contributed by atoms with Gasteiger partial charge in [-0.1, -0.05) is 18.2 Å². The number of ketones is 1. The van der Waals surface area contributed by atoms with Gasteiger partial charge in [0.15, 0.2) is 18.2 Å². The van der Waals surface area contributed by atoms with E-state index < -0.39 is 18.4 Å². The molecule has 0 spiro atoms. The molecular weight excluding hydrogens is 363 g/mol. The third kappa shape index (κ3) is 3.86. The van der Waals surface area contributed by atoms with Crippen LogP contribution in [0.15, 0.2) is 48.7 Å². The Hall–Kier alpha value is -3.66. The van der Waals surface area contributed by atoms with Gasteiger partial charge in [-0.15, -0.1) is 0 Å². The Morgan fingerprint density at radius 2 is 2.00 bits per heavy atom. The third-order valence-electron chi connectivity index (χ3n) is 4.28. The minimum Gasteiger partial charge on any atom is -0.494 e. The second kappa shape index (κ2) is 8.35. The Bertz CT molecular complexity index is 1080. The largest absolute Gasteiger partial charge is 0.494 e. The molecule has 0 aliphatic carbocycles. The smallest absolute Gasteiger partial charge is 0.338 e. The number of benzene rings is 2. The van der Waals surface area contributed by atoms with Crippen molar-refractivity contribution >= 4 is 22.7 Å². The van der Waals surface area contributed by atoms with Gasteiger partial charge in [0.25, 0.3) is 0 Å². The number of nitrogens with zero attached hydrogens (tertiary/aromatic N) is 2. The number of carbonyl (C=O) groups is 2. The van der Waals surface area contributed by atoms with Crippen LogP contribution in [0.25, 0.3) is 10.9 Å². The van der Waals surface area contributed by atoms with Crippen LogP contribution in [-0.4, -0.2) is 30.0 Å². The molecule has 1 aromatic heterocycles. The standard InChI is InChI=1S/C21H17FN2O4/c1-27-20-8-7-14(11-17(20)22)21(26)28-13-19(25)16-12-24(10-4-9-23)18-6-3-2-5-15(16)18/h2-3,5-8,11-12H,4,10,13H2,1H3. The molecule has 0 radical (unpaired) electrons. The summed E-state index contributed by atoms with van der Waals surface area (Å²) in [6.45, 7) is -0.0199. The van der Waals surface area contributed by atoms with E-state index in [2.05, 4.69) is 6.07 Å². The van der Waals surface area contributed by atoms with Gasteiger partial charge in [-0.3, -0.25) is 4.79 Å². The molecule has 0 aliphatic heterocycles. The van der Waals surface area contributed by atoms with E-state index in [0.29, 0.717) is 18.5 Å². The van der Waals surface area contributed by atoms with Crippen LogP contribution < -0.4 is 4.74 Å². The van der Waals surface area contributed by atoms with Crippen LogP contribution >= 0.6 is 0 Å². The molecular formula is C21H17FN2O4. The lowest BCUT2D eigenvalue weighted by molar-refractivity contribution is 0.0474. The number of halogens is 1. The van der Waals surface area contributed by atoms with Crippen molar-refractivity contribution in [3.63, 3.8) is 0 Å². The van der Waals surface area contributed by atoms with Crippen molar-refractivity contribution in [2.75, 3.05) is 13.7 Å². The number of hydrogen-bond donors (Lipinski definition) is 0. The molecule has 0 saturated carbocycles. The first-order valence-electron chi connectivity index (χ1n) is 8.54. The number of nitriles is 1. The molecule has 142 valence electrons. The van der Waals surface area contributed by atoms with E-state index >= 15 is 0 Å². The summed E-state index contributed by atoms with van der Waals surface area (Å²) in [5.74, 6) is -1.86. The van der Waals surface area contributed by atoms with Crippen LogP contribution in [0.2, 0.25) is 0 Å². The highest BCUT2D eigenvalue weighted by Gasteiger charge is 2.18. The maximum Gasteiger partial charge on any atom is 0.338 e. The number of aromatic nitrogens is 1. The molecule has 0 aliphatic rings. The molecule has 0 amide bonds. The molecule has 7 heteroatoms. The minimum absolute atomic E-state index is 0.0115. The van der Waals surface area contributed by atoms with E-state index in [-0.39, 0.29) is 17.1 Å². The lowest BCUT2D eigenvalue weighted by Crippen LogP contribution is -2.14. The summed E-state index contributed by atoms with van der Waals surface area (Å²) in [5.41, 5.74) is 1.22. The van der Waals surface area contributed by atoms with Crippen LogP contribution in [0.5, 0.6) is 5.75 Å². The fourth-order valence-corrected chi connectivity index (χ4v) is 2.91. The summed E-state index contributed by atoms with van der Waals surface area (Å²) in [5, 5.41) is 9.52. The number of Topliss-reactive ketones (excluding diaryl/α,β-unsaturated/α-hetero) is 1. The van der Waals surface area contributed by atoms with Crippen molar-refractivity contribution in [3.05, 3.63) is 65.6 Å². The first kappa shape index (κ1) is 19.1. The molecule has 0 unspecified atom stereocenters. The molecule has 3 aromatic rings. The maximum atomic E-state index is 13.7. The van der Waals surface area contributed by atoms with Gasteiger partial charge in [0.1, 0.15) is 0 Å². The predicted octanol–water partition coefficient (Wildman–Crippen LogP) is 3.74. The number of hydrogen-bond acceptors (Lipinski definition) is 5. The lowest BCUT2D eigenvalue weighted by Gasteiger charge is -2.06. The molecule has 3 rings (SSSR count). The number of ether oxygens (including phenoxy) is 2. The average Bonchev–Trinajstić information content (AvgIpc) is 3.09. The van der Waals surface area contributed by atoms with Crippen LogP contribution in [-0.2, 0) is 11.3 Å². The molecule has 28 heavy (non-hydrogen) atoms. The number of para-hydroxylation sites is 1. The maximum absolute atomic E-state index is 13.7. The number of esters is 1. The Kier molecular flexibility index (Phi) is 5.70. The molecule has 6 nitrogen and oxygen atoms in total. The molecule has 1 heterocycles. The van der Waals surface area contributed by atoms with Gasteiger partial charge in [0.05, 0.1) is 25.2 Å². The van der Waals surface area contributed by atoms with Crippen LogP contribution in [0.1, 0.15) is 27.1 Å². The zero-order valence-corrected chi connectivity index (χ0v) is 15.1. The third-order valence-corrected chi connectivity index (χ3v) is 4.28. The van der Waals surface area contributed by atoms with Gasteiger partial charge in [-0.05, 0) is 24.3 Å². The number of methoxy groups -OCH3 is 1. The highest BCUT2D eigenvalue weighted by molar-refractivity contribution is 6.09. The Morgan fingerprint density at radius 3 is 2.71 bits per heavy atom. The van der Waals surface area contributed by atoms with E-state index in [1.807, 2.05) is 16.7 Å². The SMILES string of the molecule is COc1ccc(C(=O)OCC(=O)c2cn(CCC#N)c3ccccc23)cc1F. The second-order valence-electron chi connectivity index (χ2n) is 6.01. The van der Waals surface area contributed by atoms with Gasteiger partial charge in [-0.25, -0.2) is 9.18 Å². The number of rotatable bonds is 7. The zero-order chi connectivity index (χ0) is 20.1. The highest BCUT2D eigenvalue weighted by atomic mass is 19.1. The van der Waals surface area contributed by atoms with Gasteiger partial charge >= 0.3 is 5.97 Å². The van der Waals surface area contributed by atoms with Crippen molar-refractivity contribution in [1.82, 2.24) is 4.57 Å². The Balaban J connectivity index is 1.75. The van der Waals surface area contributed by atoms with E-state index in [9.17, 15) is 14.0 Å². The Morgan fingerprint density at radius 1 is 1.21 bits per heavy atom. The first-order valence-corrected chi connectivity index (χ1v) is 8.54. The van der Waals surface area contributed by atoms with E-state index in [4.69, 9.17) is 14.7 Å².